The van der Waals surface area contributed by atoms with Gasteiger partial charge in [0.25, 0.3) is 0 Å². The Morgan fingerprint density at radius 3 is 2.86 bits per heavy atom. The monoisotopic (exact) mass is 308 g/mol. The van der Waals surface area contributed by atoms with Gasteiger partial charge in [0.05, 0.1) is 6.54 Å². The molecule has 0 saturated heterocycles. The minimum atomic E-state index is -1.14. The summed E-state index contributed by atoms with van der Waals surface area (Å²) in [6.07, 6.45) is 0. The van der Waals surface area contributed by atoms with E-state index in [9.17, 15) is 14.3 Å². The highest BCUT2D eigenvalue weighted by molar-refractivity contribution is 7.08. The molecule has 0 aliphatic heterocycles. The fourth-order valence-corrected chi connectivity index (χ4v) is 2.62. The molecule has 2 rings (SSSR count). The smallest absolute Gasteiger partial charge is 0.319 e. The van der Waals surface area contributed by atoms with Crippen LogP contribution >= 0.6 is 11.3 Å². The summed E-state index contributed by atoms with van der Waals surface area (Å²) >= 11 is 1.48. The average molecular weight is 308 g/mol. The average Bonchev–Trinajstić information content (AvgIpc) is 2.97. The van der Waals surface area contributed by atoms with Crippen molar-refractivity contribution in [3.63, 3.8) is 0 Å². The number of urea groups is 1. The molecular weight excluding hydrogens is 291 g/mol. The van der Waals surface area contributed by atoms with E-state index in [0.29, 0.717) is 11.3 Å². The molecule has 2 aromatic rings. The first-order valence-corrected chi connectivity index (χ1v) is 7.39. The zero-order valence-corrected chi connectivity index (χ0v) is 12.6. The van der Waals surface area contributed by atoms with Crippen LogP contribution in [0.3, 0.4) is 0 Å². The lowest BCUT2D eigenvalue weighted by Gasteiger charge is -2.23. The highest BCUT2D eigenvalue weighted by Gasteiger charge is 2.24. The lowest BCUT2D eigenvalue weighted by Crippen LogP contribution is -2.40. The Hall–Kier alpha value is -1.92. The van der Waals surface area contributed by atoms with E-state index in [0.717, 1.165) is 5.56 Å². The second kappa shape index (κ2) is 6.24. The van der Waals surface area contributed by atoms with Crippen LogP contribution in [0.15, 0.2) is 35.0 Å². The summed E-state index contributed by atoms with van der Waals surface area (Å²) in [4.78, 5) is 11.8. The third kappa shape index (κ3) is 3.80. The first kappa shape index (κ1) is 15.5. The zero-order valence-electron chi connectivity index (χ0n) is 11.8. The van der Waals surface area contributed by atoms with Crippen molar-refractivity contribution in [1.29, 1.82) is 0 Å². The molecule has 112 valence electrons. The predicted molar refractivity (Wildman–Crippen MR) is 82.0 cm³/mol. The van der Waals surface area contributed by atoms with Gasteiger partial charge in [0.15, 0.2) is 0 Å². The predicted octanol–water partition coefficient (Wildman–Crippen LogP) is 3.22. The molecule has 4 nitrogen and oxygen atoms in total. The van der Waals surface area contributed by atoms with E-state index >= 15 is 0 Å². The number of carbonyl (C=O) groups excluding carboxylic acids is 1. The van der Waals surface area contributed by atoms with Gasteiger partial charge in [0.2, 0.25) is 0 Å². The molecule has 1 unspecified atom stereocenters. The van der Waals surface area contributed by atoms with Crippen LogP contribution in [0, 0.1) is 12.7 Å². The van der Waals surface area contributed by atoms with E-state index in [4.69, 9.17) is 0 Å². The van der Waals surface area contributed by atoms with Gasteiger partial charge in [-0.2, -0.15) is 11.3 Å². The SMILES string of the molecule is Cc1c(F)cccc1NC(=O)NCC(C)(O)c1ccsc1. The molecule has 21 heavy (non-hydrogen) atoms. The number of anilines is 1. The van der Waals surface area contributed by atoms with Gasteiger partial charge in [-0.05, 0) is 48.4 Å². The molecule has 2 amide bonds. The molecule has 0 radical (unpaired) electrons. The van der Waals surface area contributed by atoms with Crippen molar-refractivity contribution in [2.75, 3.05) is 11.9 Å². The van der Waals surface area contributed by atoms with Crippen molar-refractivity contribution in [1.82, 2.24) is 5.32 Å². The first-order chi connectivity index (χ1) is 9.90. The second-order valence-corrected chi connectivity index (χ2v) is 5.79. The van der Waals surface area contributed by atoms with E-state index in [-0.39, 0.29) is 12.4 Å². The normalized spacial score (nSPS) is 13.5. The fourth-order valence-electron chi connectivity index (χ4n) is 1.83. The maximum Gasteiger partial charge on any atom is 0.319 e. The number of benzene rings is 1. The van der Waals surface area contributed by atoms with Gasteiger partial charge in [-0.1, -0.05) is 6.07 Å². The van der Waals surface area contributed by atoms with Crippen LogP contribution in [0.2, 0.25) is 0 Å². The van der Waals surface area contributed by atoms with E-state index in [1.807, 2.05) is 10.8 Å². The van der Waals surface area contributed by atoms with Crippen LogP contribution in [0.25, 0.3) is 0 Å². The molecule has 0 bridgehead atoms. The maximum absolute atomic E-state index is 13.4. The number of carbonyl (C=O) groups is 1. The number of hydrogen-bond donors (Lipinski definition) is 3. The minimum absolute atomic E-state index is 0.0595. The summed E-state index contributed by atoms with van der Waals surface area (Å²) in [5, 5.41) is 19.1. The maximum atomic E-state index is 13.4. The summed E-state index contributed by atoms with van der Waals surface area (Å²) in [7, 11) is 0. The lowest BCUT2D eigenvalue weighted by atomic mass is 9.99. The Bertz CT molecular complexity index is 627. The summed E-state index contributed by atoms with van der Waals surface area (Å²) in [6, 6.07) is 5.80. The van der Waals surface area contributed by atoms with Crippen LogP contribution in [0.5, 0.6) is 0 Å². The van der Waals surface area contributed by atoms with Crippen molar-refractivity contribution in [3.05, 3.63) is 52.0 Å². The molecule has 3 N–H and O–H groups in total. The Balaban J connectivity index is 1.95. The van der Waals surface area contributed by atoms with Crippen molar-refractivity contribution in [2.24, 2.45) is 0 Å². The second-order valence-electron chi connectivity index (χ2n) is 5.01. The Kier molecular flexibility index (Phi) is 4.59. The Labute approximate surface area is 126 Å². The summed E-state index contributed by atoms with van der Waals surface area (Å²) < 4.78 is 13.4. The van der Waals surface area contributed by atoms with Crippen LogP contribution in [-0.4, -0.2) is 17.7 Å². The quantitative estimate of drug-likeness (QED) is 0.812. The van der Waals surface area contributed by atoms with Crippen molar-refractivity contribution in [3.8, 4) is 0 Å². The summed E-state index contributed by atoms with van der Waals surface area (Å²) in [5.41, 5.74) is 0.378. The Morgan fingerprint density at radius 2 is 2.19 bits per heavy atom. The molecule has 1 aromatic heterocycles. The van der Waals surface area contributed by atoms with Crippen molar-refractivity contribution >= 4 is 23.1 Å². The highest BCUT2D eigenvalue weighted by atomic mass is 32.1. The van der Waals surface area contributed by atoms with E-state index in [1.54, 1.807) is 26.0 Å². The molecule has 0 spiro atoms. The molecular formula is C15H17FN2O2S. The zero-order chi connectivity index (χ0) is 15.5. The third-order valence-electron chi connectivity index (χ3n) is 3.25. The van der Waals surface area contributed by atoms with E-state index in [1.165, 1.54) is 23.5 Å². The van der Waals surface area contributed by atoms with Gasteiger partial charge in [-0.3, -0.25) is 0 Å². The molecule has 0 aliphatic carbocycles. The molecule has 0 saturated carbocycles. The van der Waals surface area contributed by atoms with E-state index in [2.05, 4.69) is 10.6 Å². The van der Waals surface area contributed by atoms with Crippen LogP contribution in [0.1, 0.15) is 18.1 Å². The summed E-state index contributed by atoms with van der Waals surface area (Å²) in [5.74, 6) is -0.377. The van der Waals surface area contributed by atoms with Crippen molar-refractivity contribution < 1.29 is 14.3 Å². The standard InChI is InChI=1S/C15H17FN2O2S/c1-10-12(16)4-3-5-13(10)18-14(19)17-9-15(2,20)11-6-7-21-8-11/h3-8,20H,9H2,1-2H3,(H2,17,18,19). The Morgan fingerprint density at radius 1 is 1.43 bits per heavy atom. The third-order valence-corrected chi connectivity index (χ3v) is 3.94. The molecule has 1 atom stereocenters. The fraction of sp³-hybridized carbons (Fsp3) is 0.267. The molecule has 1 heterocycles. The van der Waals surface area contributed by atoms with Crippen LogP contribution in [0.4, 0.5) is 14.9 Å². The minimum Gasteiger partial charge on any atom is -0.384 e. The van der Waals surface area contributed by atoms with Gasteiger partial charge < -0.3 is 15.7 Å². The molecule has 0 aliphatic rings. The topological polar surface area (TPSA) is 61.4 Å². The molecule has 0 fully saturated rings. The lowest BCUT2D eigenvalue weighted by molar-refractivity contribution is 0.0604. The van der Waals surface area contributed by atoms with Gasteiger partial charge >= 0.3 is 6.03 Å². The van der Waals surface area contributed by atoms with Gasteiger partial charge in [-0.25, -0.2) is 9.18 Å². The number of halogens is 1. The van der Waals surface area contributed by atoms with E-state index < -0.39 is 11.6 Å². The number of nitrogens with one attached hydrogen (secondary N) is 2. The van der Waals surface area contributed by atoms with Crippen molar-refractivity contribution in [2.45, 2.75) is 19.4 Å². The highest BCUT2D eigenvalue weighted by Crippen LogP contribution is 2.22. The van der Waals surface area contributed by atoms with Gasteiger partial charge in [0.1, 0.15) is 11.4 Å². The molecule has 1 aromatic carbocycles. The summed E-state index contributed by atoms with van der Waals surface area (Å²) in [6.45, 7) is 3.28. The largest absolute Gasteiger partial charge is 0.384 e. The van der Waals surface area contributed by atoms with Crippen LogP contribution in [-0.2, 0) is 5.60 Å². The van der Waals surface area contributed by atoms with Crippen LogP contribution < -0.4 is 10.6 Å². The number of thiophene rings is 1. The number of rotatable bonds is 4. The number of amides is 2. The first-order valence-electron chi connectivity index (χ1n) is 6.45. The van der Waals surface area contributed by atoms with Gasteiger partial charge in [-0.15, -0.1) is 0 Å². The van der Waals surface area contributed by atoms with Gasteiger partial charge in [0, 0.05) is 11.3 Å². The number of aliphatic hydroxyl groups is 1. The number of hydrogen-bond acceptors (Lipinski definition) is 3. The molecule has 6 heteroatoms.